The number of aliphatic hydroxyl groups excluding tert-OH is 1. The Balaban J connectivity index is 2.05. The molecule has 0 spiro atoms. The van der Waals surface area contributed by atoms with Crippen molar-refractivity contribution in [1.29, 1.82) is 0 Å². The third kappa shape index (κ3) is 4.38. The minimum atomic E-state index is -0.701. The number of hydrogen-bond acceptors (Lipinski definition) is 8. The zero-order chi connectivity index (χ0) is 21.0. The minimum Gasteiger partial charge on any atom is -0.506 e. The lowest BCUT2D eigenvalue weighted by Gasteiger charge is -2.04. The van der Waals surface area contributed by atoms with Crippen molar-refractivity contribution in [2.45, 2.75) is 6.92 Å². The van der Waals surface area contributed by atoms with E-state index in [0.717, 1.165) is 11.8 Å². The first-order valence-electron chi connectivity index (χ1n) is 8.69. The van der Waals surface area contributed by atoms with Crippen molar-refractivity contribution in [3.05, 3.63) is 64.3 Å². The number of hydrogen-bond donors (Lipinski definition) is 3. The normalized spacial score (nSPS) is 16.5. The van der Waals surface area contributed by atoms with Gasteiger partial charge in [-0.15, -0.1) is 0 Å². The van der Waals surface area contributed by atoms with Gasteiger partial charge in [0.25, 0.3) is 0 Å². The van der Waals surface area contributed by atoms with Gasteiger partial charge in [-0.3, -0.25) is 0 Å². The van der Waals surface area contributed by atoms with Gasteiger partial charge in [0.2, 0.25) is 0 Å². The fourth-order valence-electron chi connectivity index (χ4n) is 2.57. The summed E-state index contributed by atoms with van der Waals surface area (Å²) < 4.78 is 10.2. The van der Waals surface area contributed by atoms with E-state index in [9.17, 15) is 20.1 Å². The van der Waals surface area contributed by atoms with Crippen molar-refractivity contribution in [1.82, 2.24) is 0 Å². The standard InChI is InChI=1S/C21H19NO6S/c1-3-28-21(26)17-19(25)16(11-12-5-4-6-15(23)18(12)24)29-20(17)22-13-7-9-14(27-2)10-8-13/h4-11,23-25H,3H2,1-2H3. The van der Waals surface area contributed by atoms with Gasteiger partial charge in [-0.2, -0.15) is 0 Å². The smallest absolute Gasteiger partial charge is 0.344 e. The highest BCUT2D eigenvalue weighted by atomic mass is 32.2. The molecule has 1 aliphatic heterocycles. The lowest BCUT2D eigenvalue weighted by Crippen LogP contribution is -2.12. The second-order valence-electron chi connectivity index (χ2n) is 5.88. The van der Waals surface area contributed by atoms with Crippen LogP contribution in [0.15, 0.2) is 63.7 Å². The highest BCUT2D eigenvalue weighted by Gasteiger charge is 2.33. The minimum absolute atomic E-state index is 0.0569. The molecule has 1 heterocycles. The fourth-order valence-corrected chi connectivity index (χ4v) is 3.60. The van der Waals surface area contributed by atoms with Crippen LogP contribution in [0.25, 0.3) is 6.08 Å². The number of ether oxygens (including phenoxy) is 2. The van der Waals surface area contributed by atoms with Gasteiger partial charge < -0.3 is 24.8 Å². The van der Waals surface area contributed by atoms with E-state index in [0.29, 0.717) is 16.3 Å². The Labute approximate surface area is 171 Å². The topological polar surface area (TPSA) is 109 Å². The van der Waals surface area contributed by atoms with E-state index in [1.807, 2.05) is 0 Å². The van der Waals surface area contributed by atoms with E-state index in [-0.39, 0.29) is 40.0 Å². The van der Waals surface area contributed by atoms with E-state index >= 15 is 0 Å². The Hall–Kier alpha value is -3.39. The molecule has 3 N–H and O–H groups in total. The Morgan fingerprint density at radius 2 is 1.86 bits per heavy atom. The van der Waals surface area contributed by atoms with Crippen LogP contribution in [0, 0.1) is 0 Å². The Kier molecular flexibility index (Phi) is 6.13. The molecule has 2 aromatic rings. The molecule has 2 aromatic carbocycles. The number of aromatic hydroxyl groups is 2. The van der Waals surface area contributed by atoms with Crippen molar-refractivity contribution in [3.8, 4) is 17.2 Å². The SMILES string of the molecule is CCOC(=O)C1=C(O)C(=Cc2cccc(O)c2O)SC1=Nc1ccc(OC)cc1. The first kappa shape index (κ1) is 20.3. The predicted molar refractivity (Wildman–Crippen MR) is 112 cm³/mol. The van der Waals surface area contributed by atoms with Crippen molar-refractivity contribution in [2.75, 3.05) is 13.7 Å². The molecule has 29 heavy (non-hydrogen) atoms. The van der Waals surface area contributed by atoms with Crippen LogP contribution in [-0.2, 0) is 9.53 Å². The third-order valence-electron chi connectivity index (χ3n) is 4.01. The highest BCUT2D eigenvalue weighted by Crippen LogP contribution is 2.42. The average molecular weight is 413 g/mol. The number of rotatable bonds is 5. The molecule has 3 rings (SSSR count). The molecule has 8 heteroatoms. The van der Waals surface area contributed by atoms with E-state index in [2.05, 4.69) is 4.99 Å². The van der Waals surface area contributed by atoms with Crippen LogP contribution in [0.3, 0.4) is 0 Å². The van der Waals surface area contributed by atoms with Gasteiger partial charge in [0.1, 0.15) is 22.1 Å². The number of aliphatic hydroxyl groups is 1. The molecule has 0 saturated carbocycles. The number of thioether (sulfide) groups is 1. The summed E-state index contributed by atoms with van der Waals surface area (Å²) in [6.45, 7) is 1.81. The third-order valence-corrected chi connectivity index (χ3v) is 5.03. The summed E-state index contributed by atoms with van der Waals surface area (Å²) in [6.07, 6.45) is 1.46. The van der Waals surface area contributed by atoms with Gasteiger partial charge >= 0.3 is 5.97 Å². The number of benzene rings is 2. The molecule has 1 aliphatic rings. The van der Waals surface area contributed by atoms with Crippen LogP contribution >= 0.6 is 11.8 Å². The van der Waals surface area contributed by atoms with E-state index in [1.54, 1.807) is 50.4 Å². The van der Waals surface area contributed by atoms with Crippen LogP contribution in [0.5, 0.6) is 17.2 Å². The molecular formula is C21H19NO6S. The van der Waals surface area contributed by atoms with Gasteiger partial charge in [-0.05, 0) is 43.3 Å². The molecule has 0 aromatic heterocycles. The monoisotopic (exact) mass is 413 g/mol. The summed E-state index contributed by atoms with van der Waals surface area (Å²) in [5.41, 5.74) is 0.788. The maximum atomic E-state index is 12.4. The summed E-state index contributed by atoms with van der Waals surface area (Å²) in [5, 5.41) is 30.6. The Morgan fingerprint density at radius 3 is 2.52 bits per heavy atom. The van der Waals surface area contributed by atoms with Gasteiger partial charge in [-0.25, -0.2) is 9.79 Å². The number of aliphatic imine (C=N–C) groups is 1. The van der Waals surface area contributed by atoms with Crippen molar-refractivity contribution < 1.29 is 29.6 Å². The molecule has 7 nitrogen and oxygen atoms in total. The van der Waals surface area contributed by atoms with Gasteiger partial charge in [-0.1, -0.05) is 23.9 Å². The number of nitrogens with zero attached hydrogens (tertiary/aromatic N) is 1. The van der Waals surface area contributed by atoms with E-state index < -0.39 is 5.97 Å². The molecule has 0 aliphatic carbocycles. The maximum absolute atomic E-state index is 12.4. The zero-order valence-corrected chi connectivity index (χ0v) is 16.6. The average Bonchev–Trinajstić information content (AvgIpc) is 3.01. The van der Waals surface area contributed by atoms with Crippen molar-refractivity contribution in [3.63, 3.8) is 0 Å². The fraction of sp³-hybridized carbons (Fsp3) is 0.143. The number of phenols is 2. The summed E-state index contributed by atoms with van der Waals surface area (Å²) >= 11 is 1.06. The molecule has 0 radical (unpaired) electrons. The predicted octanol–water partition coefficient (Wildman–Crippen LogP) is 4.30. The lowest BCUT2D eigenvalue weighted by molar-refractivity contribution is -0.138. The van der Waals surface area contributed by atoms with Gasteiger partial charge in [0, 0.05) is 5.56 Å². The molecule has 0 saturated heterocycles. The summed E-state index contributed by atoms with van der Waals surface area (Å²) in [4.78, 5) is 17.2. The van der Waals surface area contributed by atoms with Crippen LogP contribution in [0.4, 0.5) is 5.69 Å². The molecule has 150 valence electrons. The molecule has 0 unspecified atom stereocenters. The second kappa shape index (κ2) is 8.74. The lowest BCUT2D eigenvalue weighted by atomic mass is 10.1. The van der Waals surface area contributed by atoms with Crippen molar-refractivity contribution >= 4 is 34.5 Å². The molecule has 0 amide bonds. The number of methoxy groups -OCH3 is 1. The highest BCUT2D eigenvalue weighted by molar-refractivity contribution is 8.18. The van der Waals surface area contributed by atoms with E-state index in [1.165, 1.54) is 12.1 Å². The first-order valence-corrected chi connectivity index (χ1v) is 9.50. The Morgan fingerprint density at radius 1 is 1.14 bits per heavy atom. The molecular weight excluding hydrogens is 394 g/mol. The van der Waals surface area contributed by atoms with Crippen molar-refractivity contribution in [2.24, 2.45) is 4.99 Å². The molecule has 0 atom stereocenters. The summed E-state index contributed by atoms with van der Waals surface area (Å²) in [7, 11) is 1.56. The van der Waals surface area contributed by atoms with E-state index in [4.69, 9.17) is 9.47 Å². The maximum Gasteiger partial charge on any atom is 0.344 e. The van der Waals surface area contributed by atoms with Gasteiger partial charge in [0.15, 0.2) is 11.5 Å². The number of carbonyl (C=O) groups excluding carboxylic acids is 1. The number of phenolic OH excluding ortho intramolecular Hbond substituents is 2. The second-order valence-corrected chi connectivity index (χ2v) is 6.92. The summed E-state index contributed by atoms with van der Waals surface area (Å²) in [5.74, 6) is -0.955. The number of para-hydroxylation sites is 1. The van der Waals surface area contributed by atoms with Crippen LogP contribution in [-0.4, -0.2) is 40.0 Å². The molecule has 0 bridgehead atoms. The quantitative estimate of drug-likeness (QED) is 0.495. The van der Waals surface area contributed by atoms with Crippen LogP contribution in [0.2, 0.25) is 0 Å². The number of carbonyl (C=O) groups is 1. The van der Waals surface area contributed by atoms with Crippen LogP contribution in [0.1, 0.15) is 12.5 Å². The zero-order valence-electron chi connectivity index (χ0n) is 15.7. The van der Waals surface area contributed by atoms with Gasteiger partial charge in [0.05, 0.1) is 24.3 Å². The Bertz CT molecular complexity index is 1020. The molecule has 0 fully saturated rings. The van der Waals surface area contributed by atoms with Crippen LogP contribution < -0.4 is 4.74 Å². The largest absolute Gasteiger partial charge is 0.506 e. The first-order chi connectivity index (χ1) is 13.9. The summed E-state index contributed by atoms with van der Waals surface area (Å²) in [6, 6.07) is 11.4. The number of esters is 1.